The Kier molecular flexibility index (Phi) is 4.41. The molecule has 4 nitrogen and oxygen atoms in total. The van der Waals surface area contributed by atoms with Gasteiger partial charge in [0.25, 0.3) is 0 Å². The van der Waals surface area contributed by atoms with Gasteiger partial charge in [0.15, 0.2) is 0 Å². The lowest BCUT2D eigenvalue weighted by molar-refractivity contribution is 0.694. The molecule has 3 aromatic heterocycles. The summed E-state index contributed by atoms with van der Waals surface area (Å²) in [6.07, 6.45) is 5.58. The zero-order chi connectivity index (χ0) is 17.1. The highest BCUT2D eigenvalue weighted by molar-refractivity contribution is 7.08. The molecule has 2 N–H and O–H groups in total. The summed E-state index contributed by atoms with van der Waals surface area (Å²) in [6.45, 7) is 0.701. The number of rotatable bonds is 5. The van der Waals surface area contributed by atoms with Crippen LogP contribution in [0, 0.1) is 0 Å². The van der Waals surface area contributed by atoms with E-state index in [1.54, 1.807) is 11.3 Å². The van der Waals surface area contributed by atoms with Crippen LogP contribution in [-0.2, 0) is 6.54 Å². The summed E-state index contributed by atoms with van der Waals surface area (Å²) >= 11 is 1.68. The average molecular weight is 346 g/mol. The Hall–Kier alpha value is -2.76. The maximum atomic E-state index is 6.43. The summed E-state index contributed by atoms with van der Waals surface area (Å²) in [5, 5.41) is 4.17. The smallest absolute Gasteiger partial charge is 0.0951 e. The van der Waals surface area contributed by atoms with Gasteiger partial charge in [-0.15, -0.1) is 0 Å². The first-order valence-corrected chi connectivity index (χ1v) is 9.03. The molecule has 5 heteroatoms. The minimum Gasteiger partial charge on any atom is -0.328 e. The zero-order valence-corrected chi connectivity index (χ0v) is 14.4. The van der Waals surface area contributed by atoms with E-state index in [0.717, 1.165) is 28.1 Å². The minimum absolute atomic E-state index is 0.193. The molecule has 0 aliphatic heterocycles. The third-order valence-electron chi connectivity index (χ3n) is 4.22. The van der Waals surface area contributed by atoms with Gasteiger partial charge >= 0.3 is 0 Å². The van der Waals surface area contributed by atoms with Crippen molar-refractivity contribution in [2.75, 3.05) is 0 Å². The molecule has 0 saturated heterocycles. The number of pyridine rings is 1. The van der Waals surface area contributed by atoms with E-state index in [0.29, 0.717) is 6.54 Å². The molecule has 25 heavy (non-hydrogen) atoms. The molecule has 0 amide bonds. The first kappa shape index (κ1) is 15.7. The fourth-order valence-electron chi connectivity index (χ4n) is 2.85. The van der Waals surface area contributed by atoms with E-state index in [2.05, 4.69) is 43.5 Å². The standard InChI is InChI=1S/C20H18N4S/c21-20(16-4-2-1-3-5-16)19-11-22-14-24(19)12-15-6-7-18(23-10-15)17-8-9-25-13-17/h1-11,13-14,20H,12,21H2. The quantitative estimate of drug-likeness (QED) is 0.592. The summed E-state index contributed by atoms with van der Waals surface area (Å²) in [5.74, 6) is 0. The predicted octanol–water partition coefficient (Wildman–Crippen LogP) is 4.10. The van der Waals surface area contributed by atoms with Crippen molar-refractivity contribution in [3.63, 3.8) is 0 Å². The third-order valence-corrected chi connectivity index (χ3v) is 4.90. The van der Waals surface area contributed by atoms with E-state index in [4.69, 9.17) is 5.73 Å². The normalized spacial score (nSPS) is 12.2. The molecule has 0 aliphatic carbocycles. The molecule has 0 spiro atoms. The van der Waals surface area contributed by atoms with E-state index in [-0.39, 0.29) is 6.04 Å². The molecule has 1 atom stereocenters. The number of nitrogens with zero attached hydrogens (tertiary/aromatic N) is 3. The van der Waals surface area contributed by atoms with E-state index in [1.807, 2.05) is 49.1 Å². The van der Waals surface area contributed by atoms with Gasteiger partial charge < -0.3 is 10.3 Å². The first-order chi connectivity index (χ1) is 12.3. The molecule has 0 saturated carbocycles. The van der Waals surface area contributed by atoms with Gasteiger partial charge in [0, 0.05) is 17.1 Å². The Balaban J connectivity index is 1.55. The van der Waals surface area contributed by atoms with Crippen LogP contribution in [0.1, 0.15) is 22.9 Å². The van der Waals surface area contributed by atoms with Crippen LogP contribution < -0.4 is 5.73 Å². The summed E-state index contributed by atoms with van der Waals surface area (Å²) in [6, 6.07) is 16.1. The second kappa shape index (κ2) is 7.01. The van der Waals surface area contributed by atoms with Gasteiger partial charge in [0.05, 0.1) is 36.5 Å². The number of nitrogens with two attached hydrogens (primary N) is 1. The molecule has 0 bridgehead atoms. The second-order valence-electron chi connectivity index (χ2n) is 5.90. The Morgan fingerprint density at radius 2 is 1.92 bits per heavy atom. The van der Waals surface area contributed by atoms with Crippen molar-refractivity contribution in [1.29, 1.82) is 0 Å². The maximum Gasteiger partial charge on any atom is 0.0951 e. The van der Waals surface area contributed by atoms with Gasteiger partial charge in [-0.1, -0.05) is 36.4 Å². The van der Waals surface area contributed by atoms with Gasteiger partial charge in [-0.3, -0.25) is 4.98 Å². The Labute approximate surface area is 150 Å². The van der Waals surface area contributed by atoms with Crippen LogP contribution in [0.2, 0.25) is 0 Å². The number of imidazole rings is 1. The van der Waals surface area contributed by atoms with Gasteiger partial charge in [-0.05, 0) is 28.6 Å². The van der Waals surface area contributed by atoms with Crippen molar-refractivity contribution in [3.8, 4) is 11.3 Å². The lowest BCUT2D eigenvalue weighted by Gasteiger charge is -2.15. The summed E-state index contributed by atoms with van der Waals surface area (Å²) in [4.78, 5) is 8.86. The highest BCUT2D eigenvalue weighted by Crippen LogP contribution is 2.22. The Morgan fingerprint density at radius 3 is 2.64 bits per heavy atom. The summed E-state index contributed by atoms with van der Waals surface area (Å²) < 4.78 is 2.08. The minimum atomic E-state index is -0.193. The lowest BCUT2D eigenvalue weighted by Crippen LogP contribution is -2.17. The van der Waals surface area contributed by atoms with Gasteiger partial charge in [0.2, 0.25) is 0 Å². The molecule has 1 unspecified atom stereocenters. The summed E-state index contributed by atoms with van der Waals surface area (Å²) in [7, 11) is 0. The monoisotopic (exact) mass is 346 g/mol. The van der Waals surface area contributed by atoms with Crippen molar-refractivity contribution in [2.24, 2.45) is 5.73 Å². The van der Waals surface area contributed by atoms with Crippen molar-refractivity contribution < 1.29 is 0 Å². The lowest BCUT2D eigenvalue weighted by atomic mass is 10.1. The van der Waals surface area contributed by atoms with Crippen molar-refractivity contribution in [3.05, 3.63) is 94.8 Å². The molecule has 4 aromatic rings. The fraction of sp³-hybridized carbons (Fsp3) is 0.100. The van der Waals surface area contributed by atoms with E-state index < -0.39 is 0 Å². The van der Waals surface area contributed by atoms with Crippen LogP contribution in [0.25, 0.3) is 11.3 Å². The number of hydrogen-bond acceptors (Lipinski definition) is 4. The first-order valence-electron chi connectivity index (χ1n) is 8.09. The van der Waals surface area contributed by atoms with Crippen LogP contribution in [-0.4, -0.2) is 14.5 Å². The van der Waals surface area contributed by atoms with Crippen LogP contribution >= 0.6 is 11.3 Å². The Bertz CT molecular complexity index is 928. The SMILES string of the molecule is NC(c1ccccc1)c1cncn1Cc1ccc(-c2ccsc2)nc1. The fourth-order valence-corrected chi connectivity index (χ4v) is 3.50. The third kappa shape index (κ3) is 3.38. The molecular formula is C20H18N4S. The number of benzene rings is 1. The summed E-state index contributed by atoms with van der Waals surface area (Å²) in [5.41, 5.74) is 11.8. The molecule has 1 aromatic carbocycles. The van der Waals surface area contributed by atoms with Gasteiger partial charge in [-0.25, -0.2) is 4.98 Å². The molecule has 3 heterocycles. The number of aromatic nitrogens is 3. The highest BCUT2D eigenvalue weighted by Gasteiger charge is 2.14. The van der Waals surface area contributed by atoms with Crippen LogP contribution in [0.3, 0.4) is 0 Å². The average Bonchev–Trinajstić information content (AvgIpc) is 3.35. The number of thiophene rings is 1. The molecule has 4 rings (SSSR count). The number of hydrogen-bond donors (Lipinski definition) is 1. The predicted molar refractivity (Wildman–Crippen MR) is 101 cm³/mol. The molecular weight excluding hydrogens is 328 g/mol. The van der Waals surface area contributed by atoms with E-state index in [9.17, 15) is 0 Å². The van der Waals surface area contributed by atoms with Crippen molar-refractivity contribution >= 4 is 11.3 Å². The Morgan fingerprint density at radius 1 is 1.04 bits per heavy atom. The van der Waals surface area contributed by atoms with Crippen molar-refractivity contribution in [2.45, 2.75) is 12.6 Å². The van der Waals surface area contributed by atoms with Crippen molar-refractivity contribution in [1.82, 2.24) is 14.5 Å². The molecule has 0 fully saturated rings. The van der Waals surface area contributed by atoms with E-state index in [1.165, 1.54) is 0 Å². The van der Waals surface area contributed by atoms with E-state index >= 15 is 0 Å². The second-order valence-corrected chi connectivity index (χ2v) is 6.68. The maximum absolute atomic E-state index is 6.43. The van der Waals surface area contributed by atoms with Gasteiger partial charge in [0.1, 0.15) is 0 Å². The molecule has 124 valence electrons. The van der Waals surface area contributed by atoms with Crippen LogP contribution in [0.15, 0.2) is 78.0 Å². The highest BCUT2D eigenvalue weighted by atomic mass is 32.1. The largest absolute Gasteiger partial charge is 0.328 e. The van der Waals surface area contributed by atoms with Crippen LogP contribution in [0.5, 0.6) is 0 Å². The molecule has 0 aliphatic rings. The molecule has 0 radical (unpaired) electrons. The van der Waals surface area contributed by atoms with Gasteiger partial charge in [-0.2, -0.15) is 11.3 Å². The topological polar surface area (TPSA) is 56.7 Å². The zero-order valence-electron chi connectivity index (χ0n) is 13.6. The van der Waals surface area contributed by atoms with Crippen LogP contribution in [0.4, 0.5) is 0 Å².